The van der Waals surface area contributed by atoms with E-state index in [4.69, 9.17) is 9.47 Å². The first-order chi connectivity index (χ1) is 11.1. The maximum absolute atomic E-state index is 5.50. The van der Waals surface area contributed by atoms with Gasteiger partial charge in [-0.05, 0) is 52.5 Å². The largest absolute Gasteiger partial charge is 0.493 e. The normalized spacial score (nSPS) is 12.4. The van der Waals surface area contributed by atoms with Crippen LogP contribution in [0, 0.1) is 0 Å². The standard InChI is InChI=1S/C18H27N3O2/c1-13(8-7-11-21(2)3)20-15-12-16(22-4)18(23-5)14-9-6-10-19-17(14)15/h6,9-10,12-13,20H,7-8,11H2,1-5H3. The second-order valence-corrected chi connectivity index (χ2v) is 6.05. The zero-order chi connectivity index (χ0) is 16.8. The zero-order valence-corrected chi connectivity index (χ0v) is 14.7. The number of benzene rings is 1. The van der Waals surface area contributed by atoms with Crippen LogP contribution in [-0.2, 0) is 0 Å². The molecule has 0 saturated heterocycles. The van der Waals surface area contributed by atoms with E-state index in [2.05, 4.69) is 36.2 Å². The van der Waals surface area contributed by atoms with Gasteiger partial charge in [0.2, 0.25) is 0 Å². The second kappa shape index (κ2) is 8.02. The van der Waals surface area contributed by atoms with Gasteiger partial charge in [-0.15, -0.1) is 0 Å². The van der Waals surface area contributed by atoms with E-state index >= 15 is 0 Å². The maximum atomic E-state index is 5.50. The van der Waals surface area contributed by atoms with Crippen LogP contribution in [0.15, 0.2) is 24.4 Å². The van der Waals surface area contributed by atoms with Crippen molar-refractivity contribution in [3.63, 3.8) is 0 Å². The van der Waals surface area contributed by atoms with Crippen molar-refractivity contribution in [3.05, 3.63) is 24.4 Å². The highest BCUT2D eigenvalue weighted by Crippen LogP contribution is 2.39. The first-order valence-electron chi connectivity index (χ1n) is 7.97. The monoisotopic (exact) mass is 317 g/mol. The molecule has 1 aromatic carbocycles. The van der Waals surface area contributed by atoms with Crippen LogP contribution in [0.1, 0.15) is 19.8 Å². The predicted molar refractivity (Wildman–Crippen MR) is 95.7 cm³/mol. The Kier molecular flexibility index (Phi) is 6.04. The number of methoxy groups -OCH3 is 2. The molecule has 0 radical (unpaired) electrons. The summed E-state index contributed by atoms with van der Waals surface area (Å²) in [4.78, 5) is 6.73. The van der Waals surface area contributed by atoms with Crippen molar-refractivity contribution >= 4 is 16.6 Å². The molecule has 1 unspecified atom stereocenters. The van der Waals surface area contributed by atoms with Gasteiger partial charge in [0.1, 0.15) is 0 Å². The average Bonchev–Trinajstić information content (AvgIpc) is 2.54. The van der Waals surface area contributed by atoms with Gasteiger partial charge in [0, 0.05) is 23.7 Å². The zero-order valence-electron chi connectivity index (χ0n) is 14.7. The fourth-order valence-electron chi connectivity index (χ4n) is 2.72. The molecule has 23 heavy (non-hydrogen) atoms. The molecule has 0 amide bonds. The molecule has 5 heteroatoms. The lowest BCUT2D eigenvalue weighted by Crippen LogP contribution is -2.19. The van der Waals surface area contributed by atoms with Crippen LogP contribution in [0.3, 0.4) is 0 Å². The van der Waals surface area contributed by atoms with Crippen molar-refractivity contribution in [2.45, 2.75) is 25.8 Å². The van der Waals surface area contributed by atoms with Crippen molar-refractivity contribution in [2.75, 3.05) is 40.2 Å². The van der Waals surface area contributed by atoms with Gasteiger partial charge in [0.05, 0.1) is 25.4 Å². The third-order valence-corrected chi connectivity index (χ3v) is 3.88. The van der Waals surface area contributed by atoms with Crippen LogP contribution in [0.4, 0.5) is 5.69 Å². The summed E-state index contributed by atoms with van der Waals surface area (Å²) in [5, 5.41) is 4.52. The van der Waals surface area contributed by atoms with Crippen LogP contribution >= 0.6 is 0 Å². The summed E-state index contributed by atoms with van der Waals surface area (Å²) in [5.41, 5.74) is 1.89. The molecule has 1 N–H and O–H groups in total. The number of hydrogen-bond acceptors (Lipinski definition) is 5. The van der Waals surface area contributed by atoms with Gasteiger partial charge in [-0.1, -0.05) is 0 Å². The van der Waals surface area contributed by atoms with Crippen molar-refractivity contribution < 1.29 is 9.47 Å². The first kappa shape index (κ1) is 17.3. The lowest BCUT2D eigenvalue weighted by molar-refractivity contribution is 0.358. The van der Waals surface area contributed by atoms with Crippen molar-refractivity contribution in [2.24, 2.45) is 0 Å². The van der Waals surface area contributed by atoms with Crippen LogP contribution < -0.4 is 14.8 Å². The number of ether oxygens (including phenoxy) is 2. The Morgan fingerprint density at radius 2 is 2.04 bits per heavy atom. The molecule has 5 nitrogen and oxygen atoms in total. The molecule has 0 aliphatic rings. The first-order valence-corrected chi connectivity index (χ1v) is 7.97. The molecule has 1 atom stereocenters. The molecule has 1 aromatic heterocycles. The third-order valence-electron chi connectivity index (χ3n) is 3.88. The number of nitrogens with zero attached hydrogens (tertiary/aromatic N) is 2. The van der Waals surface area contributed by atoms with E-state index in [0.717, 1.165) is 47.5 Å². The Balaban J connectivity index is 2.26. The topological polar surface area (TPSA) is 46.6 Å². The third kappa shape index (κ3) is 4.26. The van der Waals surface area contributed by atoms with Gasteiger partial charge in [0.25, 0.3) is 0 Å². The Morgan fingerprint density at radius 1 is 1.26 bits per heavy atom. The maximum Gasteiger partial charge on any atom is 0.170 e. The van der Waals surface area contributed by atoms with Crippen molar-refractivity contribution in [1.29, 1.82) is 0 Å². The number of rotatable bonds is 8. The number of nitrogens with one attached hydrogen (secondary N) is 1. The number of anilines is 1. The summed E-state index contributed by atoms with van der Waals surface area (Å²) >= 11 is 0. The number of pyridine rings is 1. The van der Waals surface area contributed by atoms with Crippen LogP contribution in [0.25, 0.3) is 10.9 Å². The summed E-state index contributed by atoms with van der Waals surface area (Å²) in [6.45, 7) is 3.29. The summed E-state index contributed by atoms with van der Waals surface area (Å²) in [7, 11) is 7.51. The Bertz CT molecular complexity index is 643. The van der Waals surface area contributed by atoms with E-state index in [1.807, 2.05) is 18.2 Å². The molecular formula is C18H27N3O2. The average molecular weight is 317 g/mol. The van der Waals surface area contributed by atoms with E-state index in [9.17, 15) is 0 Å². The number of aromatic nitrogens is 1. The Morgan fingerprint density at radius 3 is 2.70 bits per heavy atom. The van der Waals surface area contributed by atoms with E-state index in [1.54, 1.807) is 20.4 Å². The van der Waals surface area contributed by atoms with E-state index in [-0.39, 0.29) is 0 Å². The fourth-order valence-corrected chi connectivity index (χ4v) is 2.72. The van der Waals surface area contributed by atoms with Crippen LogP contribution in [-0.4, -0.2) is 50.8 Å². The van der Waals surface area contributed by atoms with E-state index in [1.165, 1.54) is 0 Å². The fraction of sp³-hybridized carbons (Fsp3) is 0.500. The molecule has 0 bridgehead atoms. The molecule has 0 aliphatic carbocycles. The summed E-state index contributed by atoms with van der Waals surface area (Å²) in [6, 6.07) is 6.25. The molecular weight excluding hydrogens is 290 g/mol. The lowest BCUT2D eigenvalue weighted by Gasteiger charge is -2.19. The van der Waals surface area contributed by atoms with Crippen molar-refractivity contribution in [3.8, 4) is 11.5 Å². The molecule has 126 valence electrons. The van der Waals surface area contributed by atoms with Gasteiger partial charge in [0.15, 0.2) is 11.5 Å². The number of fused-ring (bicyclic) bond motifs is 1. The molecule has 0 fully saturated rings. The minimum atomic E-state index is 0.359. The predicted octanol–water partition coefficient (Wildman–Crippen LogP) is 3.39. The van der Waals surface area contributed by atoms with Gasteiger partial charge in [-0.2, -0.15) is 0 Å². The molecule has 0 spiro atoms. The van der Waals surface area contributed by atoms with Gasteiger partial charge in [-0.3, -0.25) is 4.98 Å². The SMILES string of the molecule is COc1cc(NC(C)CCCN(C)C)c2ncccc2c1OC. The molecule has 0 saturated carbocycles. The molecule has 2 rings (SSSR count). The molecule has 2 aromatic rings. The molecule has 1 heterocycles. The molecule has 0 aliphatic heterocycles. The van der Waals surface area contributed by atoms with E-state index in [0.29, 0.717) is 6.04 Å². The van der Waals surface area contributed by atoms with Gasteiger partial charge < -0.3 is 19.7 Å². The summed E-state index contributed by atoms with van der Waals surface area (Å²) in [5.74, 6) is 1.44. The highest BCUT2D eigenvalue weighted by molar-refractivity contribution is 5.97. The quantitative estimate of drug-likeness (QED) is 0.808. The van der Waals surface area contributed by atoms with E-state index < -0.39 is 0 Å². The lowest BCUT2D eigenvalue weighted by atomic mass is 10.1. The Labute approximate surface area is 138 Å². The van der Waals surface area contributed by atoms with Crippen LogP contribution in [0.2, 0.25) is 0 Å². The summed E-state index contributed by atoms with van der Waals surface area (Å²) < 4.78 is 11.0. The minimum Gasteiger partial charge on any atom is -0.493 e. The van der Waals surface area contributed by atoms with Crippen LogP contribution in [0.5, 0.6) is 11.5 Å². The second-order valence-electron chi connectivity index (χ2n) is 6.05. The minimum absolute atomic E-state index is 0.359. The Hall–Kier alpha value is -2.01. The van der Waals surface area contributed by atoms with Crippen molar-refractivity contribution in [1.82, 2.24) is 9.88 Å². The van der Waals surface area contributed by atoms with Gasteiger partial charge >= 0.3 is 0 Å². The highest BCUT2D eigenvalue weighted by Gasteiger charge is 2.15. The summed E-state index contributed by atoms with van der Waals surface area (Å²) in [6.07, 6.45) is 4.05. The highest BCUT2D eigenvalue weighted by atomic mass is 16.5. The smallest absolute Gasteiger partial charge is 0.170 e. The van der Waals surface area contributed by atoms with Gasteiger partial charge in [-0.25, -0.2) is 0 Å². The number of hydrogen-bond donors (Lipinski definition) is 1.